The number of fused-ring (bicyclic) bond motifs is 6. The topological polar surface area (TPSA) is 9.86 Å². The van der Waals surface area contributed by atoms with Crippen molar-refractivity contribution < 1.29 is 0 Å². The molecule has 7 rings (SSSR count). The van der Waals surface area contributed by atoms with Crippen LogP contribution in [0.5, 0.6) is 0 Å². The fourth-order valence-corrected chi connectivity index (χ4v) is 5.57. The first-order chi connectivity index (χ1) is 17.2. The van der Waals surface area contributed by atoms with Gasteiger partial charge in [-0.05, 0) is 60.0 Å². The summed E-state index contributed by atoms with van der Waals surface area (Å²) in [5, 5.41) is 5.13. The summed E-state index contributed by atoms with van der Waals surface area (Å²) >= 11 is 0. The third kappa shape index (κ3) is 2.96. The first-order valence-corrected chi connectivity index (χ1v) is 12.3. The molecule has 0 saturated carbocycles. The maximum Gasteiger partial charge on any atom is 0.0548 e. The second-order valence-electron chi connectivity index (χ2n) is 9.68. The molecular formula is C33H26N2. The lowest BCUT2D eigenvalue weighted by Gasteiger charge is -2.10. The van der Waals surface area contributed by atoms with Gasteiger partial charge in [0.2, 0.25) is 0 Å². The Balaban J connectivity index is 1.68. The Morgan fingerprint density at radius 3 is 1.51 bits per heavy atom. The molecule has 0 amide bonds. The largest absolute Gasteiger partial charge is 0.309 e. The summed E-state index contributed by atoms with van der Waals surface area (Å²) < 4.78 is 4.84. The molecule has 35 heavy (non-hydrogen) atoms. The van der Waals surface area contributed by atoms with Crippen molar-refractivity contribution >= 4 is 43.6 Å². The second-order valence-corrected chi connectivity index (χ2v) is 9.68. The second kappa shape index (κ2) is 7.61. The van der Waals surface area contributed by atoms with E-state index in [-0.39, 0.29) is 0 Å². The van der Waals surface area contributed by atoms with Gasteiger partial charge in [-0.25, -0.2) is 0 Å². The van der Waals surface area contributed by atoms with E-state index in [2.05, 4.69) is 138 Å². The fourth-order valence-electron chi connectivity index (χ4n) is 5.57. The Hall–Kier alpha value is -4.30. The van der Waals surface area contributed by atoms with Gasteiger partial charge in [0.15, 0.2) is 0 Å². The summed E-state index contributed by atoms with van der Waals surface area (Å²) in [6.07, 6.45) is 0. The van der Waals surface area contributed by atoms with Gasteiger partial charge in [-0.15, -0.1) is 0 Å². The van der Waals surface area contributed by atoms with E-state index in [1.54, 1.807) is 0 Å². The third-order valence-electron chi connectivity index (χ3n) is 7.28. The van der Waals surface area contributed by atoms with E-state index in [1.807, 2.05) is 0 Å². The Morgan fingerprint density at radius 2 is 0.914 bits per heavy atom. The van der Waals surface area contributed by atoms with Crippen LogP contribution < -0.4 is 0 Å². The molecule has 0 aliphatic rings. The van der Waals surface area contributed by atoms with E-state index < -0.39 is 0 Å². The zero-order valence-electron chi connectivity index (χ0n) is 19.9. The van der Waals surface area contributed by atoms with E-state index >= 15 is 0 Å². The van der Waals surface area contributed by atoms with Crippen molar-refractivity contribution in [1.29, 1.82) is 0 Å². The van der Waals surface area contributed by atoms with Crippen molar-refractivity contribution in [2.24, 2.45) is 0 Å². The van der Waals surface area contributed by atoms with Gasteiger partial charge in [-0.2, -0.15) is 0 Å². The van der Waals surface area contributed by atoms with Gasteiger partial charge >= 0.3 is 0 Å². The Bertz CT molecular complexity index is 1850. The first-order valence-electron chi connectivity index (χ1n) is 12.3. The highest BCUT2D eigenvalue weighted by atomic mass is 15.0. The van der Waals surface area contributed by atoms with Crippen LogP contribution in [0.2, 0.25) is 0 Å². The minimum atomic E-state index is 0.479. The molecule has 0 bridgehead atoms. The molecule has 0 N–H and O–H groups in total. The maximum absolute atomic E-state index is 2.44. The lowest BCUT2D eigenvalue weighted by atomic mass is 10.0. The first kappa shape index (κ1) is 20.1. The highest BCUT2D eigenvalue weighted by Gasteiger charge is 2.18. The van der Waals surface area contributed by atoms with Crippen molar-refractivity contribution in [1.82, 2.24) is 9.13 Å². The average molecular weight is 451 g/mol. The summed E-state index contributed by atoms with van der Waals surface area (Å²) in [5.41, 5.74) is 8.73. The van der Waals surface area contributed by atoms with Gasteiger partial charge in [0, 0.05) is 32.9 Å². The summed E-state index contributed by atoms with van der Waals surface area (Å²) in [4.78, 5) is 0. The summed E-state index contributed by atoms with van der Waals surface area (Å²) in [6, 6.07) is 42.0. The molecule has 0 unspecified atom stereocenters. The highest BCUT2D eigenvalue weighted by molar-refractivity contribution is 6.19. The molecular weight excluding hydrogens is 424 g/mol. The number of para-hydroxylation sites is 3. The van der Waals surface area contributed by atoms with E-state index in [0.29, 0.717) is 5.92 Å². The predicted molar refractivity (Wildman–Crippen MR) is 149 cm³/mol. The van der Waals surface area contributed by atoms with Crippen molar-refractivity contribution in [2.45, 2.75) is 19.8 Å². The molecule has 0 spiro atoms. The van der Waals surface area contributed by atoms with Gasteiger partial charge in [0.1, 0.15) is 0 Å². The van der Waals surface area contributed by atoms with E-state index in [1.165, 1.54) is 60.5 Å². The molecule has 0 atom stereocenters. The molecule has 2 heterocycles. The number of benzene rings is 5. The van der Waals surface area contributed by atoms with Crippen LogP contribution in [0.1, 0.15) is 25.3 Å². The third-order valence-corrected chi connectivity index (χ3v) is 7.28. The Morgan fingerprint density at radius 1 is 0.429 bits per heavy atom. The zero-order chi connectivity index (χ0) is 23.5. The van der Waals surface area contributed by atoms with Gasteiger partial charge in [-0.3, -0.25) is 0 Å². The van der Waals surface area contributed by atoms with E-state index in [0.717, 1.165) is 0 Å². The monoisotopic (exact) mass is 450 g/mol. The van der Waals surface area contributed by atoms with Crippen LogP contribution in [-0.4, -0.2) is 9.13 Å². The van der Waals surface area contributed by atoms with E-state index in [9.17, 15) is 0 Å². The number of rotatable bonds is 3. The number of nitrogens with zero attached hydrogens (tertiary/aromatic N) is 2. The van der Waals surface area contributed by atoms with Crippen LogP contribution in [-0.2, 0) is 0 Å². The van der Waals surface area contributed by atoms with Crippen molar-refractivity contribution in [2.75, 3.05) is 0 Å². The SMILES string of the molecule is CC(C)c1ccc2c3cc4c(cc3n(-c3ccccc3)c2c1)c1ccccc1n4-c1ccccc1. The molecule has 7 aromatic rings. The number of hydrogen-bond donors (Lipinski definition) is 0. The zero-order valence-corrected chi connectivity index (χ0v) is 19.9. The lowest BCUT2D eigenvalue weighted by molar-refractivity contribution is 0.868. The summed E-state index contributed by atoms with van der Waals surface area (Å²) in [6.45, 7) is 4.53. The predicted octanol–water partition coefficient (Wildman–Crippen LogP) is 9.00. The summed E-state index contributed by atoms with van der Waals surface area (Å²) in [5.74, 6) is 0.479. The lowest BCUT2D eigenvalue weighted by Crippen LogP contribution is -1.95. The minimum absolute atomic E-state index is 0.479. The Labute approximate surface area is 204 Å². The molecule has 2 nitrogen and oxygen atoms in total. The molecule has 0 radical (unpaired) electrons. The minimum Gasteiger partial charge on any atom is -0.309 e. The van der Waals surface area contributed by atoms with Crippen LogP contribution in [0.3, 0.4) is 0 Å². The van der Waals surface area contributed by atoms with Crippen molar-refractivity contribution in [3.05, 3.63) is 121 Å². The molecule has 0 aliphatic carbocycles. The van der Waals surface area contributed by atoms with E-state index in [4.69, 9.17) is 0 Å². The van der Waals surface area contributed by atoms with Gasteiger partial charge in [0.05, 0.1) is 22.1 Å². The molecule has 0 saturated heterocycles. The van der Waals surface area contributed by atoms with Crippen LogP contribution in [0.4, 0.5) is 0 Å². The molecule has 5 aromatic carbocycles. The quantitative estimate of drug-likeness (QED) is 0.254. The average Bonchev–Trinajstić information content (AvgIpc) is 3.40. The Kier molecular flexibility index (Phi) is 4.37. The van der Waals surface area contributed by atoms with Gasteiger partial charge < -0.3 is 9.13 Å². The van der Waals surface area contributed by atoms with Crippen LogP contribution in [0, 0.1) is 0 Å². The fraction of sp³-hybridized carbons (Fsp3) is 0.0909. The van der Waals surface area contributed by atoms with Crippen LogP contribution in [0.25, 0.3) is 55.0 Å². The smallest absolute Gasteiger partial charge is 0.0548 e. The molecule has 2 heteroatoms. The highest BCUT2D eigenvalue weighted by Crippen LogP contribution is 2.40. The van der Waals surface area contributed by atoms with Crippen LogP contribution >= 0.6 is 0 Å². The van der Waals surface area contributed by atoms with Crippen molar-refractivity contribution in [3.63, 3.8) is 0 Å². The van der Waals surface area contributed by atoms with Crippen LogP contribution in [0.15, 0.2) is 115 Å². The number of aromatic nitrogens is 2. The number of hydrogen-bond acceptors (Lipinski definition) is 0. The normalized spacial score (nSPS) is 12.0. The maximum atomic E-state index is 2.44. The molecule has 2 aromatic heterocycles. The van der Waals surface area contributed by atoms with Crippen molar-refractivity contribution in [3.8, 4) is 11.4 Å². The van der Waals surface area contributed by atoms with Gasteiger partial charge in [-0.1, -0.05) is 80.6 Å². The molecule has 0 fully saturated rings. The molecule has 168 valence electrons. The standard InChI is InChI=1S/C33H26N2/c1-22(2)23-17-18-27-29-21-32-28(20-33(29)35(31(27)19-23)25-13-7-4-8-14-25)26-15-9-10-16-30(26)34(32)24-11-5-3-6-12-24/h3-22H,1-2H3. The summed E-state index contributed by atoms with van der Waals surface area (Å²) in [7, 11) is 0. The molecule has 0 aliphatic heterocycles. The van der Waals surface area contributed by atoms with Gasteiger partial charge in [0.25, 0.3) is 0 Å².